The Balaban J connectivity index is 0.000000295. The van der Waals surface area contributed by atoms with Gasteiger partial charge < -0.3 is 14.7 Å². The number of morpholine rings is 1. The molecule has 2 fully saturated rings. The van der Waals surface area contributed by atoms with Crippen LogP contribution in [-0.2, 0) is 14.3 Å². The van der Waals surface area contributed by atoms with Gasteiger partial charge in [0.2, 0.25) is 5.91 Å². The molecule has 0 aromatic carbocycles. The van der Waals surface area contributed by atoms with Gasteiger partial charge in [-0.1, -0.05) is 6.92 Å². The minimum Gasteiger partial charge on any atom is -0.475 e. The van der Waals surface area contributed by atoms with E-state index in [2.05, 4.69) is 11.8 Å². The predicted molar refractivity (Wildman–Crippen MR) is 71.3 cm³/mol. The number of carboxylic acid groups (broad SMARTS) is 1. The maximum absolute atomic E-state index is 11.9. The molecule has 0 radical (unpaired) electrons. The number of nitrogens with zero attached hydrogens (tertiary/aromatic N) is 2. The number of halogens is 3. The van der Waals surface area contributed by atoms with Crippen molar-refractivity contribution in [3.63, 3.8) is 0 Å². The van der Waals surface area contributed by atoms with Gasteiger partial charge in [-0.15, -0.1) is 0 Å². The van der Waals surface area contributed by atoms with Gasteiger partial charge in [0.1, 0.15) is 0 Å². The van der Waals surface area contributed by atoms with Crippen molar-refractivity contribution in [1.82, 2.24) is 9.80 Å². The van der Waals surface area contributed by atoms with Crippen molar-refractivity contribution in [3.05, 3.63) is 0 Å². The third-order valence-electron chi connectivity index (χ3n) is 3.68. The molecule has 6 nitrogen and oxygen atoms in total. The number of aliphatic carboxylic acids is 1. The Morgan fingerprint density at radius 1 is 1.32 bits per heavy atom. The van der Waals surface area contributed by atoms with E-state index in [-0.39, 0.29) is 24.0 Å². The number of carboxylic acids is 1. The molecule has 1 amide bonds. The van der Waals surface area contributed by atoms with Crippen molar-refractivity contribution >= 4 is 11.9 Å². The molecule has 2 bridgehead atoms. The highest BCUT2D eigenvalue weighted by Crippen LogP contribution is 2.32. The quantitative estimate of drug-likeness (QED) is 0.813. The van der Waals surface area contributed by atoms with Crippen LogP contribution >= 0.6 is 0 Å². The molecule has 2 rings (SSSR count). The Hall–Kier alpha value is -1.35. The fourth-order valence-electron chi connectivity index (χ4n) is 2.59. The molecule has 2 aliphatic heterocycles. The van der Waals surface area contributed by atoms with Crippen LogP contribution in [0, 0.1) is 5.92 Å². The Kier molecular flexibility index (Phi) is 6.18. The van der Waals surface area contributed by atoms with Crippen LogP contribution in [0.25, 0.3) is 0 Å². The maximum atomic E-state index is 11.9. The first-order chi connectivity index (χ1) is 10.1. The first kappa shape index (κ1) is 18.7. The van der Waals surface area contributed by atoms with Gasteiger partial charge >= 0.3 is 12.1 Å². The number of likely N-dealkylation sites (N-methyl/N-ethyl adjacent to an activating group) is 1. The molecule has 2 aliphatic rings. The molecular formula is C13H21F3N2O4. The minimum atomic E-state index is -5.08. The van der Waals surface area contributed by atoms with E-state index in [0.29, 0.717) is 0 Å². The average Bonchev–Trinajstić information content (AvgIpc) is 2.71. The van der Waals surface area contributed by atoms with Crippen molar-refractivity contribution in [1.29, 1.82) is 0 Å². The second-order valence-corrected chi connectivity index (χ2v) is 5.53. The fourth-order valence-corrected chi connectivity index (χ4v) is 2.59. The van der Waals surface area contributed by atoms with Crippen LogP contribution in [0.1, 0.15) is 13.3 Å². The van der Waals surface area contributed by atoms with E-state index in [9.17, 15) is 18.0 Å². The number of fused-ring (bicyclic) bond motifs is 2. The number of carbonyl (C=O) groups excluding carboxylic acids is 1. The largest absolute Gasteiger partial charge is 0.490 e. The van der Waals surface area contributed by atoms with E-state index in [1.807, 2.05) is 14.1 Å². The first-order valence-electron chi connectivity index (χ1n) is 6.95. The summed E-state index contributed by atoms with van der Waals surface area (Å²) in [5, 5.41) is 7.12. The average molecular weight is 326 g/mol. The summed E-state index contributed by atoms with van der Waals surface area (Å²) in [7, 11) is 3.64. The number of hydrogen-bond donors (Lipinski definition) is 1. The zero-order valence-corrected chi connectivity index (χ0v) is 12.8. The van der Waals surface area contributed by atoms with Crippen LogP contribution in [0.4, 0.5) is 13.2 Å². The molecule has 0 saturated carbocycles. The molecule has 128 valence electrons. The highest BCUT2D eigenvalue weighted by Gasteiger charge is 2.44. The molecule has 0 aliphatic carbocycles. The van der Waals surface area contributed by atoms with Gasteiger partial charge in [0, 0.05) is 27.2 Å². The fraction of sp³-hybridized carbons (Fsp3) is 0.846. The SMILES string of the molecule is CCN1CC2CC(C(=O)N(C)C)C(C1)O2.O=C(O)C(F)(F)F. The van der Waals surface area contributed by atoms with Crippen LogP contribution in [-0.4, -0.2) is 78.9 Å². The number of ether oxygens (including phenoxy) is 1. The molecule has 2 heterocycles. The van der Waals surface area contributed by atoms with Crippen molar-refractivity contribution in [2.75, 3.05) is 33.7 Å². The van der Waals surface area contributed by atoms with E-state index in [0.717, 1.165) is 26.1 Å². The van der Waals surface area contributed by atoms with Crippen molar-refractivity contribution in [2.24, 2.45) is 5.92 Å². The molecular weight excluding hydrogens is 305 g/mol. The van der Waals surface area contributed by atoms with Crippen LogP contribution in [0.5, 0.6) is 0 Å². The predicted octanol–water partition coefficient (Wildman–Crippen LogP) is 0.817. The first-order valence-corrected chi connectivity index (χ1v) is 6.95. The van der Waals surface area contributed by atoms with Crippen LogP contribution in [0.2, 0.25) is 0 Å². The minimum absolute atomic E-state index is 0.0848. The number of hydrogen-bond acceptors (Lipinski definition) is 4. The lowest BCUT2D eigenvalue weighted by molar-refractivity contribution is -0.192. The summed E-state index contributed by atoms with van der Waals surface area (Å²) in [4.78, 5) is 24.9. The van der Waals surface area contributed by atoms with E-state index in [1.54, 1.807) is 4.90 Å². The van der Waals surface area contributed by atoms with E-state index in [4.69, 9.17) is 14.6 Å². The number of amides is 1. The number of carbonyl (C=O) groups is 2. The molecule has 0 aromatic heterocycles. The molecule has 3 atom stereocenters. The zero-order valence-electron chi connectivity index (χ0n) is 12.8. The van der Waals surface area contributed by atoms with Crippen molar-refractivity contribution < 1.29 is 32.6 Å². The monoisotopic (exact) mass is 326 g/mol. The van der Waals surface area contributed by atoms with Gasteiger partial charge in [-0.25, -0.2) is 4.79 Å². The highest BCUT2D eigenvalue weighted by atomic mass is 19.4. The summed E-state index contributed by atoms with van der Waals surface area (Å²) in [5.74, 6) is -2.45. The van der Waals surface area contributed by atoms with Gasteiger partial charge in [-0.3, -0.25) is 9.69 Å². The normalized spacial score (nSPS) is 27.8. The lowest BCUT2D eigenvalue weighted by Gasteiger charge is -2.32. The Labute approximate surface area is 126 Å². The van der Waals surface area contributed by atoms with Gasteiger partial charge in [-0.05, 0) is 13.0 Å². The summed E-state index contributed by atoms with van der Waals surface area (Å²) in [6, 6.07) is 0. The third kappa shape index (κ3) is 4.84. The van der Waals surface area contributed by atoms with Gasteiger partial charge in [0.15, 0.2) is 0 Å². The maximum Gasteiger partial charge on any atom is 0.490 e. The Bertz CT molecular complexity index is 415. The smallest absolute Gasteiger partial charge is 0.475 e. The molecule has 2 saturated heterocycles. The second kappa shape index (κ2) is 7.28. The highest BCUT2D eigenvalue weighted by molar-refractivity contribution is 5.79. The van der Waals surface area contributed by atoms with Crippen molar-refractivity contribution in [2.45, 2.75) is 31.7 Å². The van der Waals surface area contributed by atoms with E-state index in [1.165, 1.54) is 0 Å². The second-order valence-electron chi connectivity index (χ2n) is 5.53. The third-order valence-corrected chi connectivity index (χ3v) is 3.68. The van der Waals surface area contributed by atoms with Gasteiger partial charge in [-0.2, -0.15) is 13.2 Å². The van der Waals surface area contributed by atoms with Crippen molar-refractivity contribution in [3.8, 4) is 0 Å². The summed E-state index contributed by atoms with van der Waals surface area (Å²) in [6.07, 6.45) is -3.78. The van der Waals surface area contributed by atoms with Gasteiger partial charge in [0.05, 0.1) is 18.1 Å². The summed E-state index contributed by atoms with van der Waals surface area (Å²) in [6.45, 7) is 5.12. The van der Waals surface area contributed by atoms with Crippen LogP contribution in [0.15, 0.2) is 0 Å². The Morgan fingerprint density at radius 3 is 2.27 bits per heavy atom. The molecule has 22 heavy (non-hydrogen) atoms. The van der Waals surface area contributed by atoms with Crippen LogP contribution < -0.4 is 0 Å². The number of alkyl halides is 3. The standard InChI is InChI=1S/C11H20N2O2.C2HF3O2/c1-4-13-6-8-5-9(10(7-13)15-8)11(14)12(2)3;3-2(4,5)1(6)7/h8-10H,4-7H2,1-3H3;(H,6,7). The lowest BCUT2D eigenvalue weighted by atomic mass is 9.99. The molecule has 0 aromatic rings. The number of likely N-dealkylation sites (tertiary alicyclic amines) is 1. The van der Waals surface area contributed by atoms with Crippen LogP contribution in [0.3, 0.4) is 0 Å². The van der Waals surface area contributed by atoms with E-state index < -0.39 is 12.1 Å². The molecule has 9 heteroatoms. The summed E-state index contributed by atoms with van der Waals surface area (Å²) >= 11 is 0. The summed E-state index contributed by atoms with van der Waals surface area (Å²) < 4.78 is 37.6. The van der Waals surface area contributed by atoms with Gasteiger partial charge in [0.25, 0.3) is 0 Å². The zero-order chi connectivity index (χ0) is 17.1. The molecule has 3 unspecified atom stereocenters. The number of rotatable bonds is 2. The molecule has 0 spiro atoms. The topological polar surface area (TPSA) is 70.1 Å². The van der Waals surface area contributed by atoms with E-state index >= 15 is 0 Å². The Morgan fingerprint density at radius 2 is 1.86 bits per heavy atom. The lowest BCUT2D eigenvalue weighted by Crippen LogP contribution is -2.45. The molecule has 1 N–H and O–H groups in total. The summed E-state index contributed by atoms with van der Waals surface area (Å²) in [5.41, 5.74) is 0.